The minimum atomic E-state index is -0.408. The molecule has 0 saturated carbocycles. The molecule has 0 unspecified atom stereocenters. The maximum absolute atomic E-state index is 5.05. The molecule has 0 N–H and O–H groups in total. The molecular formula is C98H62N6S2. The van der Waals surface area contributed by atoms with E-state index in [-0.39, 0.29) is 0 Å². The van der Waals surface area contributed by atoms with Crippen LogP contribution >= 0.6 is 23.5 Å². The van der Waals surface area contributed by atoms with E-state index in [1.54, 1.807) is 0 Å². The highest BCUT2D eigenvalue weighted by molar-refractivity contribution is 7.99. The highest BCUT2D eigenvalue weighted by atomic mass is 32.2. The number of hydrogen-bond acceptors (Lipinski definition) is 8. The molecule has 0 fully saturated rings. The normalized spacial score (nSPS) is 13.2. The van der Waals surface area contributed by atoms with Crippen LogP contribution < -0.4 is 0 Å². The lowest BCUT2D eigenvalue weighted by atomic mass is 9.67. The number of nitrogens with zero attached hydrogens (tertiary/aromatic N) is 6. The van der Waals surface area contributed by atoms with Crippen LogP contribution in [0, 0.1) is 0 Å². The Bertz CT molecular complexity index is 6100. The predicted octanol–water partition coefficient (Wildman–Crippen LogP) is 24.4. The highest BCUT2D eigenvalue weighted by Crippen LogP contribution is 2.64. The van der Waals surface area contributed by atoms with Crippen molar-refractivity contribution in [2.24, 2.45) is 0 Å². The van der Waals surface area contributed by atoms with Crippen LogP contribution in [0.3, 0.4) is 0 Å². The van der Waals surface area contributed by atoms with Crippen molar-refractivity contribution in [3.8, 4) is 124 Å². The Labute approximate surface area is 624 Å². The molecule has 106 heavy (non-hydrogen) atoms. The molecule has 2 spiro atoms. The van der Waals surface area contributed by atoms with Crippen LogP contribution in [-0.4, -0.2) is 29.9 Å². The lowest BCUT2D eigenvalue weighted by Crippen LogP contribution is -2.31. The topological polar surface area (TPSA) is 77.3 Å². The second-order valence-corrected chi connectivity index (χ2v) is 29.3. The van der Waals surface area contributed by atoms with Crippen LogP contribution in [0.4, 0.5) is 0 Å². The van der Waals surface area contributed by atoms with Crippen molar-refractivity contribution in [3.05, 3.63) is 421 Å². The zero-order valence-corrected chi connectivity index (χ0v) is 58.9. The fraction of sp³-hybridized carbons (Fsp3) is 0.0204. The third kappa shape index (κ3) is 10.5. The van der Waals surface area contributed by atoms with Crippen molar-refractivity contribution in [2.75, 3.05) is 0 Å². The van der Waals surface area contributed by atoms with E-state index in [4.69, 9.17) is 29.9 Å². The molecule has 4 heterocycles. The van der Waals surface area contributed by atoms with E-state index in [1.807, 2.05) is 121 Å². The molecule has 496 valence electrons. The van der Waals surface area contributed by atoms with Gasteiger partial charge < -0.3 is 0 Å². The smallest absolute Gasteiger partial charge is 0.164 e. The molecule has 0 atom stereocenters. The highest BCUT2D eigenvalue weighted by Gasteiger charge is 2.52. The first-order chi connectivity index (χ1) is 52.5. The van der Waals surface area contributed by atoms with E-state index in [0.29, 0.717) is 34.9 Å². The first kappa shape index (κ1) is 62.8. The largest absolute Gasteiger partial charge is 0.208 e. The van der Waals surface area contributed by atoms with Crippen LogP contribution in [0.25, 0.3) is 124 Å². The summed E-state index contributed by atoms with van der Waals surface area (Å²) in [6, 6.07) is 134. The standard InChI is InChI=1S/C52H33N3S.C46H29N3S/c1-3-13-34(14-4-1)35-23-27-38(28-24-35)50-53-49(37-15-5-2-6-16-37)54-51(55-50)39-29-25-36(26-30-39)40-31-32-42-41-17-7-8-18-43(41)52(46(42)33-40)44-19-9-11-21-47(44)56-48-22-12-10-20-45(48)52;1-3-13-31(14-4-1)43-47-44(32-15-5-2-6-16-32)49-45(48-43)33-25-23-30(24-26-33)34-27-28-36-35-17-7-8-18-37(35)46(40(36)29-34)38-19-9-11-21-41(38)50-42-22-12-10-20-39(42)46/h1-33H;1-29H. The summed E-state index contributed by atoms with van der Waals surface area (Å²) in [7, 11) is 0. The Hall–Kier alpha value is -13.0. The maximum atomic E-state index is 5.05. The second kappa shape index (κ2) is 26.1. The summed E-state index contributed by atoms with van der Waals surface area (Å²) in [5, 5.41) is 0. The molecule has 2 aliphatic carbocycles. The Kier molecular flexibility index (Phi) is 15.4. The Morgan fingerprint density at radius 1 is 0.151 bits per heavy atom. The van der Waals surface area contributed by atoms with Gasteiger partial charge in [-0.3, -0.25) is 0 Å². The molecule has 0 bridgehead atoms. The molecule has 6 nitrogen and oxygen atoms in total. The Morgan fingerprint density at radius 2 is 0.349 bits per heavy atom. The van der Waals surface area contributed by atoms with Gasteiger partial charge in [0.05, 0.1) is 10.8 Å². The lowest BCUT2D eigenvalue weighted by Gasteiger charge is -2.39. The molecule has 21 rings (SSSR count). The van der Waals surface area contributed by atoms with E-state index in [2.05, 4.69) is 279 Å². The molecule has 0 amide bonds. The molecule has 8 heteroatoms. The summed E-state index contributed by atoms with van der Waals surface area (Å²) in [6.45, 7) is 0. The second-order valence-electron chi connectivity index (χ2n) is 27.1. The Morgan fingerprint density at radius 3 is 0.651 bits per heavy atom. The van der Waals surface area contributed by atoms with Crippen LogP contribution in [0.1, 0.15) is 44.5 Å². The lowest BCUT2D eigenvalue weighted by molar-refractivity contribution is 0.722. The minimum absolute atomic E-state index is 0.396. The van der Waals surface area contributed by atoms with Gasteiger partial charge in [0.15, 0.2) is 34.9 Å². The fourth-order valence-electron chi connectivity index (χ4n) is 16.4. The molecule has 0 radical (unpaired) electrons. The van der Waals surface area contributed by atoms with Crippen molar-refractivity contribution >= 4 is 23.5 Å². The molecule has 4 aliphatic rings. The number of hydrogen-bond donors (Lipinski definition) is 0. The predicted molar refractivity (Wildman–Crippen MR) is 431 cm³/mol. The molecule has 2 aliphatic heterocycles. The maximum Gasteiger partial charge on any atom is 0.164 e. The molecule has 17 aromatic rings. The van der Waals surface area contributed by atoms with Gasteiger partial charge in [0, 0.05) is 53.0 Å². The van der Waals surface area contributed by atoms with Gasteiger partial charge in [-0.15, -0.1) is 0 Å². The zero-order chi connectivity index (χ0) is 70.1. The van der Waals surface area contributed by atoms with Crippen LogP contribution in [-0.2, 0) is 10.8 Å². The third-order valence-electron chi connectivity index (χ3n) is 21.3. The molecular weight excluding hydrogens is 1330 g/mol. The van der Waals surface area contributed by atoms with Gasteiger partial charge in [0.25, 0.3) is 0 Å². The summed E-state index contributed by atoms with van der Waals surface area (Å²) in [5.41, 5.74) is 27.8. The van der Waals surface area contributed by atoms with Crippen LogP contribution in [0.15, 0.2) is 396 Å². The fourth-order valence-corrected chi connectivity index (χ4v) is 18.8. The van der Waals surface area contributed by atoms with E-state index in [9.17, 15) is 0 Å². The van der Waals surface area contributed by atoms with Crippen molar-refractivity contribution < 1.29 is 0 Å². The van der Waals surface area contributed by atoms with Crippen molar-refractivity contribution in [1.29, 1.82) is 0 Å². The number of fused-ring (bicyclic) bond motifs is 18. The van der Waals surface area contributed by atoms with Gasteiger partial charge in [-0.05, 0) is 137 Å². The first-order valence-corrected chi connectivity index (χ1v) is 37.4. The SMILES string of the molecule is c1ccc(-c2ccc(-c3nc(-c4ccccc4)nc(-c4ccc(-c5ccc6c(c5)C5(c7ccccc7Sc7ccccc75)c5ccccc5-6)cc4)n3)cc2)cc1.c1ccc(-c2nc(-c3ccccc3)nc(-c3ccc(-c4ccc5c(c4)C4(c6ccccc6Sc6ccccc64)c4ccccc4-5)cc3)n2)cc1. The van der Waals surface area contributed by atoms with Gasteiger partial charge in [-0.25, -0.2) is 29.9 Å². The van der Waals surface area contributed by atoms with Gasteiger partial charge in [0.2, 0.25) is 0 Å². The quantitative estimate of drug-likeness (QED) is 0.141. The van der Waals surface area contributed by atoms with Crippen LogP contribution in [0.5, 0.6) is 0 Å². The van der Waals surface area contributed by atoms with Gasteiger partial charge in [0.1, 0.15) is 0 Å². The van der Waals surface area contributed by atoms with Crippen molar-refractivity contribution in [3.63, 3.8) is 0 Å². The first-order valence-electron chi connectivity index (χ1n) is 35.8. The average molecular weight is 1390 g/mol. The van der Waals surface area contributed by atoms with Gasteiger partial charge in [-0.1, -0.05) is 363 Å². The number of benzene rings is 15. The minimum Gasteiger partial charge on any atom is -0.208 e. The summed E-state index contributed by atoms with van der Waals surface area (Å²) in [4.78, 5) is 35.0. The summed E-state index contributed by atoms with van der Waals surface area (Å²) in [6.07, 6.45) is 0. The van der Waals surface area contributed by atoms with Crippen molar-refractivity contribution in [2.45, 2.75) is 30.4 Å². The molecule has 0 saturated heterocycles. The monoisotopic (exact) mass is 1390 g/mol. The van der Waals surface area contributed by atoms with E-state index in [1.165, 1.54) is 103 Å². The molecule has 15 aromatic carbocycles. The summed E-state index contributed by atoms with van der Waals surface area (Å²) < 4.78 is 0. The van der Waals surface area contributed by atoms with Gasteiger partial charge in [-0.2, -0.15) is 0 Å². The summed E-state index contributed by atoms with van der Waals surface area (Å²) in [5.74, 6) is 3.91. The summed E-state index contributed by atoms with van der Waals surface area (Å²) >= 11 is 3.75. The van der Waals surface area contributed by atoms with Crippen LogP contribution in [0.2, 0.25) is 0 Å². The van der Waals surface area contributed by atoms with Gasteiger partial charge >= 0.3 is 0 Å². The van der Waals surface area contributed by atoms with Crippen molar-refractivity contribution in [1.82, 2.24) is 29.9 Å². The van der Waals surface area contributed by atoms with E-state index < -0.39 is 10.8 Å². The zero-order valence-electron chi connectivity index (χ0n) is 57.3. The number of aromatic nitrogens is 6. The third-order valence-corrected chi connectivity index (χ3v) is 23.6. The van der Waals surface area contributed by atoms with E-state index >= 15 is 0 Å². The Balaban J connectivity index is 0.000000141. The average Bonchev–Trinajstić information content (AvgIpc) is 1.52. The molecule has 2 aromatic heterocycles. The number of rotatable bonds is 9. The van der Waals surface area contributed by atoms with E-state index in [0.717, 1.165) is 50.1 Å².